The van der Waals surface area contributed by atoms with Crippen LogP contribution in [0, 0.1) is 5.41 Å². The molecule has 4 aromatic carbocycles. The second-order valence-corrected chi connectivity index (χ2v) is 17.5. The number of methoxy groups -OCH3 is 2. The minimum absolute atomic E-state index is 0.0980. The van der Waals surface area contributed by atoms with Gasteiger partial charge in [-0.1, -0.05) is 123 Å². The Balaban J connectivity index is 1.38. The van der Waals surface area contributed by atoms with Crippen LogP contribution in [0.2, 0.25) is 0 Å². The topological polar surface area (TPSA) is 51.8 Å². The average molecular weight is 763 g/mol. The smallest absolute Gasteiger partial charge is 0.119 e. The largest absolute Gasteiger partial charge is 0.491 e. The quantitative estimate of drug-likeness (QED) is 0.0885. The number of hydrogen-bond donors (Lipinski definition) is 2. The predicted octanol–water partition coefficient (Wildman–Crippen LogP) is 12.2. The van der Waals surface area contributed by atoms with Gasteiger partial charge in [-0.2, -0.15) is 0 Å². The van der Waals surface area contributed by atoms with Gasteiger partial charge in [0.25, 0.3) is 0 Å². The second kappa shape index (κ2) is 20.6. The SMILES string of the molecule is CCc1cc(Cc2cc(CC)c(NC(C)C)c(CC)c2)cc(CC)c1NCC(COc1ccc(C(C)(C)c2ccc(CCC(OC)C(C)(C)C)cc2)cc1)OC. The maximum Gasteiger partial charge on any atom is 0.119 e. The zero-order chi connectivity index (χ0) is 41.0. The molecule has 4 rings (SSSR count). The molecule has 5 heteroatoms. The van der Waals surface area contributed by atoms with Crippen molar-refractivity contribution in [3.05, 3.63) is 123 Å². The number of nitrogens with one attached hydrogen (secondary N) is 2. The van der Waals surface area contributed by atoms with Crippen molar-refractivity contribution in [2.24, 2.45) is 5.41 Å². The van der Waals surface area contributed by atoms with Crippen LogP contribution < -0.4 is 15.4 Å². The summed E-state index contributed by atoms with van der Waals surface area (Å²) in [4.78, 5) is 0. The van der Waals surface area contributed by atoms with E-state index in [2.05, 4.69) is 160 Å². The molecule has 0 saturated heterocycles. The van der Waals surface area contributed by atoms with Gasteiger partial charge in [-0.3, -0.25) is 0 Å². The molecule has 306 valence electrons. The molecule has 0 radical (unpaired) electrons. The summed E-state index contributed by atoms with van der Waals surface area (Å²) < 4.78 is 18.0. The molecular weight excluding hydrogens is 689 g/mol. The van der Waals surface area contributed by atoms with Crippen molar-refractivity contribution in [1.82, 2.24) is 0 Å². The molecule has 0 saturated carbocycles. The molecule has 2 N–H and O–H groups in total. The van der Waals surface area contributed by atoms with Crippen LogP contribution >= 0.6 is 0 Å². The lowest BCUT2D eigenvalue weighted by atomic mass is 9.78. The Morgan fingerprint density at radius 2 is 1.09 bits per heavy atom. The van der Waals surface area contributed by atoms with Gasteiger partial charge in [0.2, 0.25) is 0 Å². The first kappa shape index (κ1) is 44.9. The minimum Gasteiger partial charge on any atom is -0.491 e. The highest BCUT2D eigenvalue weighted by Crippen LogP contribution is 2.34. The highest BCUT2D eigenvalue weighted by molar-refractivity contribution is 5.62. The normalized spacial score (nSPS) is 13.2. The van der Waals surface area contributed by atoms with Crippen molar-refractivity contribution in [3.63, 3.8) is 0 Å². The molecule has 5 nitrogen and oxygen atoms in total. The molecule has 0 aliphatic rings. The molecule has 2 unspecified atom stereocenters. The fourth-order valence-electron chi connectivity index (χ4n) is 7.98. The van der Waals surface area contributed by atoms with Crippen molar-refractivity contribution in [2.45, 2.75) is 145 Å². The van der Waals surface area contributed by atoms with Gasteiger partial charge in [-0.25, -0.2) is 0 Å². The number of rotatable bonds is 21. The summed E-state index contributed by atoms with van der Waals surface area (Å²) in [7, 11) is 3.60. The Kier molecular flexibility index (Phi) is 16.5. The first-order valence-corrected chi connectivity index (χ1v) is 21.3. The van der Waals surface area contributed by atoms with E-state index in [-0.39, 0.29) is 23.0 Å². The lowest BCUT2D eigenvalue weighted by molar-refractivity contribution is 0.0110. The van der Waals surface area contributed by atoms with E-state index in [1.165, 1.54) is 61.4 Å². The third-order valence-electron chi connectivity index (χ3n) is 11.6. The summed E-state index contributed by atoms with van der Waals surface area (Å²) in [6, 6.07) is 27.7. The molecule has 0 aliphatic carbocycles. The summed E-state index contributed by atoms with van der Waals surface area (Å²) in [5, 5.41) is 7.50. The van der Waals surface area contributed by atoms with Gasteiger partial charge in [0, 0.05) is 43.6 Å². The molecule has 0 spiro atoms. The molecule has 56 heavy (non-hydrogen) atoms. The maximum atomic E-state index is 6.30. The van der Waals surface area contributed by atoms with Gasteiger partial charge >= 0.3 is 0 Å². The van der Waals surface area contributed by atoms with Crippen LogP contribution in [0.4, 0.5) is 11.4 Å². The summed E-state index contributed by atoms with van der Waals surface area (Å²) in [5.74, 6) is 0.854. The van der Waals surface area contributed by atoms with Crippen molar-refractivity contribution in [1.29, 1.82) is 0 Å². The first-order chi connectivity index (χ1) is 26.7. The monoisotopic (exact) mass is 763 g/mol. The van der Waals surface area contributed by atoms with Crippen LogP contribution in [-0.4, -0.2) is 45.6 Å². The van der Waals surface area contributed by atoms with E-state index in [1.807, 2.05) is 7.11 Å². The Bertz CT molecular complexity index is 1750. The zero-order valence-electron chi connectivity index (χ0n) is 37.2. The number of anilines is 2. The third kappa shape index (κ3) is 11.9. The van der Waals surface area contributed by atoms with Crippen LogP contribution in [0.25, 0.3) is 0 Å². The van der Waals surface area contributed by atoms with E-state index in [0.29, 0.717) is 19.2 Å². The Morgan fingerprint density at radius 1 is 0.607 bits per heavy atom. The van der Waals surface area contributed by atoms with E-state index in [4.69, 9.17) is 14.2 Å². The van der Waals surface area contributed by atoms with Gasteiger partial charge in [0.1, 0.15) is 18.5 Å². The highest BCUT2D eigenvalue weighted by atomic mass is 16.5. The number of ether oxygens (including phenoxy) is 3. The van der Waals surface area contributed by atoms with Crippen molar-refractivity contribution in [2.75, 3.05) is 38.0 Å². The standard InChI is InChI=1S/C51H74N2O3/c1-14-39-29-37(28-38-31-41(16-3)49(53-35(5)6)42(17-4)32-38)30-40(15-2)48(39)52-33-46(54-12)34-56-45-25-23-44(24-26-45)51(10,11)43-21-18-36(19-22-43)20-27-47(55-13)50(7,8)9/h18-19,21-26,29-32,35,46-47,52-53H,14-17,20,27-28,33-34H2,1-13H3. The van der Waals surface area contributed by atoms with Crippen molar-refractivity contribution in [3.8, 4) is 5.75 Å². The molecule has 0 aliphatic heterocycles. The summed E-state index contributed by atoms with van der Waals surface area (Å²) in [5.41, 5.74) is 14.8. The van der Waals surface area contributed by atoms with Crippen molar-refractivity contribution >= 4 is 11.4 Å². The molecule has 2 atom stereocenters. The minimum atomic E-state index is -0.132. The Morgan fingerprint density at radius 3 is 1.52 bits per heavy atom. The summed E-state index contributed by atoms with van der Waals surface area (Å²) >= 11 is 0. The molecule has 4 aromatic rings. The van der Waals surface area contributed by atoms with Crippen LogP contribution in [0.5, 0.6) is 5.75 Å². The molecular formula is C51H74N2O3. The van der Waals surface area contributed by atoms with E-state index in [9.17, 15) is 0 Å². The predicted molar refractivity (Wildman–Crippen MR) is 240 cm³/mol. The fraction of sp³-hybridized carbons (Fsp3) is 0.529. The fourth-order valence-corrected chi connectivity index (χ4v) is 7.98. The molecule has 0 fully saturated rings. The van der Waals surface area contributed by atoms with Crippen LogP contribution in [0.1, 0.15) is 133 Å². The van der Waals surface area contributed by atoms with Gasteiger partial charge in [-0.15, -0.1) is 0 Å². The maximum absolute atomic E-state index is 6.30. The molecule has 0 amide bonds. The summed E-state index contributed by atoms with van der Waals surface area (Å²) in [6.45, 7) is 25.9. The van der Waals surface area contributed by atoms with E-state index >= 15 is 0 Å². The third-order valence-corrected chi connectivity index (χ3v) is 11.6. The van der Waals surface area contributed by atoms with E-state index in [0.717, 1.165) is 50.7 Å². The van der Waals surface area contributed by atoms with Crippen LogP contribution in [-0.2, 0) is 53.4 Å². The van der Waals surface area contributed by atoms with Gasteiger partial charge in [0.05, 0.1) is 6.10 Å². The Hall–Kier alpha value is -3.80. The zero-order valence-corrected chi connectivity index (χ0v) is 37.2. The van der Waals surface area contributed by atoms with Gasteiger partial charge in [0.15, 0.2) is 0 Å². The first-order valence-electron chi connectivity index (χ1n) is 21.3. The van der Waals surface area contributed by atoms with Crippen LogP contribution in [0.15, 0.2) is 72.8 Å². The van der Waals surface area contributed by atoms with E-state index in [1.54, 1.807) is 7.11 Å². The lowest BCUT2D eigenvalue weighted by Gasteiger charge is -2.29. The molecule has 0 aromatic heterocycles. The highest BCUT2D eigenvalue weighted by Gasteiger charge is 2.25. The molecule has 0 bridgehead atoms. The second-order valence-electron chi connectivity index (χ2n) is 17.5. The summed E-state index contributed by atoms with van der Waals surface area (Å²) in [6.07, 6.45) is 7.09. The van der Waals surface area contributed by atoms with Crippen LogP contribution in [0.3, 0.4) is 0 Å². The number of benzene rings is 4. The number of aryl methyl sites for hydroxylation is 5. The Labute approximate surface area is 341 Å². The van der Waals surface area contributed by atoms with E-state index < -0.39 is 0 Å². The number of hydrogen-bond acceptors (Lipinski definition) is 5. The lowest BCUT2D eigenvalue weighted by Crippen LogP contribution is -2.29. The van der Waals surface area contributed by atoms with Crippen molar-refractivity contribution < 1.29 is 14.2 Å². The average Bonchev–Trinajstić information content (AvgIpc) is 3.18. The molecule has 0 heterocycles. The van der Waals surface area contributed by atoms with Gasteiger partial charge < -0.3 is 24.8 Å². The van der Waals surface area contributed by atoms with Gasteiger partial charge in [-0.05, 0) is 126 Å².